The molecule has 0 aromatic heterocycles. The molecular weight excluding hydrogens is 328 g/mol. The van der Waals surface area contributed by atoms with Crippen molar-refractivity contribution >= 4 is 11.8 Å². The summed E-state index contributed by atoms with van der Waals surface area (Å²) in [5.41, 5.74) is 2.39. The lowest BCUT2D eigenvalue weighted by atomic mass is 9.97. The van der Waals surface area contributed by atoms with Crippen molar-refractivity contribution in [1.29, 1.82) is 0 Å². The molecule has 1 saturated heterocycles. The van der Waals surface area contributed by atoms with Gasteiger partial charge in [0.05, 0.1) is 18.7 Å². The third kappa shape index (κ3) is 4.22. The smallest absolute Gasteiger partial charge is 0.251 e. The number of piperidine rings is 1. The van der Waals surface area contributed by atoms with E-state index in [1.165, 1.54) is 0 Å². The van der Waals surface area contributed by atoms with E-state index in [1.807, 2.05) is 37.3 Å². The second-order valence-corrected chi connectivity index (χ2v) is 7.02. The van der Waals surface area contributed by atoms with Gasteiger partial charge < -0.3 is 15.3 Å². The molecule has 2 N–H and O–H groups in total. The Hall–Kier alpha value is -2.40. The van der Waals surface area contributed by atoms with E-state index in [4.69, 9.17) is 0 Å². The van der Waals surface area contributed by atoms with Crippen molar-refractivity contribution in [3.63, 3.8) is 0 Å². The zero-order chi connectivity index (χ0) is 18.5. The predicted molar refractivity (Wildman–Crippen MR) is 101 cm³/mol. The zero-order valence-electron chi connectivity index (χ0n) is 15.1. The Labute approximate surface area is 154 Å². The monoisotopic (exact) mass is 354 g/mol. The van der Waals surface area contributed by atoms with Crippen molar-refractivity contribution in [2.24, 2.45) is 0 Å². The first-order valence-corrected chi connectivity index (χ1v) is 9.25. The summed E-state index contributed by atoms with van der Waals surface area (Å²) >= 11 is 0. The van der Waals surface area contributed by atoms with Crippen LogP contribution in [-0.4, -0.2) is 47.1 Å². The summed E-state index contributed by atoms with van der Waals surface area (Å²) in [5, 5.41) is 12.5. The highest BCUT2D eigenvalue weighted by Crippen LogP contribution is 2.22. The summed E-state index contributed by atoms with van der Waals surface area (Å²) in [5.74, 6) is -0.182. The molecule has 1 aliphatic heterocycles. The molecule has 1 aromatic rings. The fourth-order valence-corrected chi connectivity index (χ4v) is 3.51. The fraction of sp³-hybridized carbons (Fsp3) is 0.429. The van der Waals surface area contributed by atoms with Gasteiger partial charge in [-0.2, -0.15) is 0 Å². The molecule has 2 unspecified atom stereocenters. The third-order valence-corrected chi connectivity index (χ3v) is 5.05. The summed E-state index contributed by atoms with van der Waals surface area (Å²) in [6, 6.07) is 7.01. The first kappa shape index (κ1) is 18.4. The quantitative estimate of drug-likeness (QED) is 0.816. The van der Waals surface area contributed by atoms with E-state index in [0.717, 1.165) is 24.8 Å². The van der Waals surface area contributed by atoms with E-state index in [0.29, 0.717) is 24.1 Å². The number of aryl methyl sites for hydroxylation is 1. The number of likely N-dealkylation sites (tertiary alicyclic amines) is 1. The molecule has 1 fully saturated rings. The second-order valence-electron chi connectivity index (χ2n) is 7.02. The number of nitrogens with one attached hydrogen (secondary N) is 1. The van der Waals surface area contributed by atoms with Crippen LogP contribution in [0, 0.1) is 6.92 Å². The molecule has 0 bridgehead atoms. The second kappa shape index (κ2) is 8.32. The average Bonchev–Trinajstić information content (AvgIpc) is 2.68. The molecule has 5 heteroatoms. The van der Waals surface area contributed by atoms with E-state index in [9.17, 15) is 14.7 Å². The minimum absolute atomic E-state index is 0.00243. The van der Waals surface area contributed by atoms with E-state index >= 15 is 0 Å². The van der Waals surface area contributed by atoms with Gasteiger partial charge in [-0.3, -0.25) is 9.59 Å². The van der Waals surface area contributed by atoms with Gasteiger partial charge in [0.25, 0.3) is 5.91 Å². The van der Waals surface area contributed by atoms with Crippen LogP contribution in [0.15, 0.2) is 48.1 Å². The first-order valence-electron chi connectivity index (χ1n) is 9.25. The van der Waals surface area contributed by atoms with Crippen molar-refractivity contribution in [2.75, 3.05) is 13.2 Å². The van der Waals surface area contributed by atoms with Crippen molar-refractivity contribution in [2.45, 2.75) is 44.7 Å². The van der Waals surface area contributed by atoms with Gasteiger partial charge in [-0.15, -0.1) is 0 Å². The minimum atomic E-state index is -0.297. The molecule has 138 valence electrons. The number of allylic oxidation sites excluding steroid dienone is 1. The van der Waals surface area contributed by atoms with Crippen LogP contribution in [-0.2, 0) is 4.79 Å². The topological polar surface area (TPSA) is 69.6 Å². The first-order chi connectivity index (χ1) is 12.6. The summed E-state index contributed by atoms with van der Waals surface area (Å²) in [6.45, 7) is 2.67. The minimum Gasteiger partial charge on any atom is -0.394 e. The van der Waals surface area contributed by atoms with Crippen molar-refractivity contribution in [1.82, 2.24) is 10.2 Å². The number of benzene rings is 1. The van der Waals surface area contributed by atoms with E-state index in [2.05, 4.69) is 5.32 Å². The summed E-state index contributed by atoms with van der Waals surface area (Å²) in [4.78, 5) is 27.0. The Bertz CT molecular complexity index is 721. The molecule has 0 saturated carbocycles. The lowest BCUT2D eigenvalue weighted by molar-refractivity contribution is -0.131. The zero-order valence-corrected chi connectivity index (χ0v) is 15.1. The lowest BCUT2D eigenvalue weighted by Gasteiger charge is -2.35. The molecule has 5 nitrogen and oxygen atoms in total. The number of rotatable bonds is 4. The largest absolute Gasteiger partial charge is 0.394 e. The highest BCUT2D eigenvalue weighted by atomic mass is 16.3. The summed E-state index contributed by atoms with van der Waals surface area (Å²) < 4.78 is 0. The van der Waals surface area contributed by atoms with Crippen LogP contribution in [0.3, 0.4) is 0 Å². The normalized spacial score (nSPS) is 22.7. The number of hydrogen-bond donors (Lipinski definition) is 2. The maximum absolute atomic E-state index is 12.9. The van der Waals surface area contributed by atoms with E-state index < -0.39 is 0 Å². The Morgan fingerprint density at radius 3 is 2.73 bits per heavy atom. The standard InChI is InChI=1S/C21H26N2O3/c1-15-8-10-16(11-9-15)20(25)22-18-6-4-5-17(13-18)21(26)23-12-3-2-7-19(23)14-24/h4,6,8-11,13,18-19,24H,2-3,5,7,12,14H2,1H3,(H,22,25). The van der Waals surface area contributed by atoms with Gasteiger partial charge in [0, 0.05) is 17.7 Å². The molecule has 0 spiro atoms. The van der Waals surface area contributed by atoms with Gasteiger partial charge in [-0.25, -0.2) is 0 Å². The van der Waals surface area contributed by atoms with Crippen LogP contribution in [0.5, 0.6) is 0 Å². The lowest BCUT2D eigenvalue weighted by Crippen LogP contribution is -2.46. The molecule has 1 aromatic carbocycles. The average molecular weight is 354 g/mol. The number of carbonyl (C=O) groups excluding carboxylic acids is 2. The molecule has 3 rings (SSSR count). The number of nitrogens with zero attached hydrogens (tertiary/aromatic N) is 1. The molecule has 0 radical (unpaired) electrons. The molecule has 2 amide bonds. The molecule has 2 aliphatic rings. The Morgan fingerprint density at radius 2 is 2.00 bits per heavy atom. The molecule has 2 atom stereocenters. The van der Waals surface area contributed by atoms with E-state index in [-0.39, 0.29) is 30.5 Å². The Kier molecular flexibility index (Phi) is 5.89. The molecule has 26 heavy (non-hydrogen) atoms. The number of hydrogen-bond acceptors (Lipinski definition) is 3. The van der Waals surface area contributed by atoms with Crippen molar-refractivity contribution in [3.05, 3.63) is 59.2 Å². The number of aliphatic hydroxyl groups excluding tert-OH is 1. The van der Waals surface area contributed by atoms with Crippen molar-refractivity contribution in [3.8, 4) is 0 Å². The Balaban J connectivity index is 1.68. The maximum atomic E-state index is 12.9. The van der Waals surface area contributed by atoms with Gasteiger partial charge in [-0.05, 0) is 50.8 Å². The van der Waals surface area contributed by atoms with Gasteiger partial charge in [0.1, 0.15) is 0 Å². The van der Waals surface area contributed by atoms with Crippen LogP contribution in [0.1, 0.15) is 41.6 Å². The van der Waals surface area contributed by atoms with Gasteiger partial charge in [0.15, 0.2) is 0 Å². The van der Waals surface area contributed by atoms with Crippen LogP contribution in [0.2, 0.25) is 0 Å². The third-order valence-electron chi connectivity index (χ3n) is 5.05. The summed E-state index contributed by atoms with van der Waals surface area (Å²) in [6.07, 6.45) is 9.08. The number of amides is 2. The highest BCUT2D eigenvalue weighted by molar-refractivity contribution is 5.96. The van der Waals surface area contributed by atoms with E-state index in [1.54, 1.807) is 17.0 Å². The Morgan fingerprint density at radius 1 is 1.23 bits per heavy atom. The number of aliphatic hydroxyl groups is 1. The van der Waals surface area contributed by atoms with Crippen LogP contribution < -0.4 is 5.32 Å². The van der Waals surface area contributed by atoms with Gasteiger partial charge in [0.2, 0.25) is 5.91 Å². The molecular formula is C21H26N2O3. The highest BCUT2D eigenvalue weighted by Gasteiger charge is 2.28. The number of carbonyl (C=O) groups is 2. The SMILES string of the molecule is Cc1ccc(C(=O)NC2C=CCC(C(=O)N3CCCCC3CO)=C2)cc1. The van der Waals surface area contributed by atoms with Crippen LogP contribution >= 0.6 is 0 Å². The molecule has 1 heterocycles. The van der Waals surface area contributed by atoms with Gasteiger partial charge in [-0.1, -0.05) is 29.8 Å². The predicted octanol–water partition coefficient (Wildman–Crippen LogP) is 2.35. The van der Waals surface area contributed by atoms with Gasteiger partial charge >= 0.3 is 0 Å². The molecule has 1 aliphatic carbocycles. The van der Waals surface area contributed by atoms with Crippen LogP contribution in [0.4, 0.5) is 0 Å². The summed E-state index contributed by atoms with van der Waals surface area (Å²) in [7, 11) is 0. The van der Waals surface area contributed by atoms with Crippen molar-refractivity contribution < 1.29 is 14.7 Å². The fourth-order valence-electron chi connectivity index (χ4n) is 3.51. The maximum Gasteiger partial charge on any atom is 0.251 e. The van der Waals surface area contributed by atoms with Crippen LogP contribution in [0.25, 0.3) is 0 Å².